The van der Waals surface area contributed by atoms with Gasteiger partial charge in [0.25, 0.3) is 5.91 Å². The fraction of sp³-hybridized carbons (Fsp3) is 0.190. The van der Waals surface area contributed by atoms with Crippen LogP contribution in [0.2, 0.25) is 5.02 Å². The number of carbonyl (C=O) groups is 1. The summed E-state index contributed by atoms with van der Waals surface area (Å²) in [7, 11) is 0. The highest BCUT2D eigenvalue weighted by molar-refractivity contribution is 6.31. The Morgan fingerprint density at radius 3 is 2.47 bits per heavy atom. The van der Waals surface area contributed by atoms with Crippen molar-refractivity contribution in [3.8, 4) is 5.88 Å². The summed E-state index contributed by atoms with van der Waals surface area (Å²) in [6.45, 7) is 1.94. The van der Waals surface area contributed by atoms with E-state index in [0.29, 0.717) is 12.2 Å². The molecule has 1 N–H and O–H groups in total. The van der Waals surface area contributed by atoms with Crippen molar-refractivity contribution in [2.24, 2.45) is 0 Å². The quantitative estimate of drug-likeness (QED) is 0.576. The lowest BCUT2D eigenvalue weighted by Gasteiger charge is -2.16. The number of nitrogens with zero attached hydrogens (tertiary/aromatic N) is 2. The van der Waals surface area contributed by atoms with E-state index < -0.39 is 28.7 Å². The Labute approximate surface area is 175 Å². The topological polar surface area (TPSA) is 64.1 Å². The van der Waals surface area contributed by atoms with Gasteiger partial charge in [0.05, 0.1) is 29.0 Å². The van der Waals surface area contributed by atoms with E-state index in [1.165, 1.54) is 24.5 Å². The predicted octanol–water partition coefficient (Wildman–Crippen LogP) is 5.22. The predicted molar refractivity (Wildman–Crippen MR) is 105 cm³/mol. The molecule has 30 heavy (non-hydrogen) atoms. The lowest BCUT2D eigenvalue weighted by molar-refractivity contribution is -0.137. The fourth-order valence-electron chi connectivity index (χ4n) is 2.62. The molecule has 0 saturated carbocycles. The first-order chi connectivity index (χ1) is 14.2. The summed E-state index contributed by atoms with van der Waals surface area (Å²) in [6, 6.07) is 12.2. The minimum absolute atomic E-state index is 0.0481. The number of hydrogen-bond acceptors (Lipinski definition) is 4. The first kappa shape index (κ1) is 21.6. The van der Waals surface area contributed by atoms with Crippen molar-refractivity contribution < 1.29 is 22.7 Å². The standard InChI is InChI=1S/C21H17ClF3N3O2/c1-13(15-7-8-16(17(22)9-15)21(23,24)25)28-20(29)18-10-27-19(11-26-18)30-12-14-5-3-2-4-6-14/h2-11,13H,12H2,1H3,(H,28,29). The van der Waals surface area contributed by atoms with E-state index in [1.54, 1.807) is 6.92 Å². The van der Waals surface area contributed by atoms with E-state index in [1.807, 2.05) is 30.3 Å². The normalized spacial score (nSPS) is 12.3. The van der Waals surface area contributed by atoms with Gasteiger partial charge < -0.3 is 10.1 Å². The van der Waals surface area contributed by atoms with Crippen molar-refractivity contribution in [1.82, 2.24) is 15.3 Å². The summed E-state index contributed by atoms with van der Waals surface area (Å²) >= 11 is 5.73. The van der Waals surface area contributed by atoms with Crippen molar-refractivity contribution in [3.05, 3.63) is 88.3 Å². The van der Waals surface area contributed by atoms with Crippen LogP contribution in [-0.2, 0) is 12.8 Å². The van der Waals surface area contributed by atoms with Crippen LogP contribution in [-0.4, -0.2) is 15.9 Å². The Morgan fingerprint density at radius 2 is 1.87 bits per heavy atom. The SMILES string of the molecule is CC(NC(=O)c1cnc(OCc2ccccc2)cn1)c1ccc(C(F)(F)F)c(Cl)c1. The van der Waals surface area contributed by atoms with Gasteiger partial charge in [0, 0.05) is 0 Å². The third-order valence-corrected chi connectivity index (χ3v) is 4.55. The third kappa shape index (κ3) is 5.48. The second-order valence-corrected chi connectivity index (χ2v) is 6.85. The summed E-state index contributed by atoms with van der Waals surface area (Å²) in [5.74, 6) is -0.265. The van der Waals surface area contributed by atoms with Crippen LogP contribution in [0.4, 0.5) is 13.2 Å². The smallest absolute Gasteiger partial charge is 0.417 e. The minimum Gasteiger partial charge on any atom is -0.472 e. The molecule has 156 valence electrons. The maximum Gasteiger partial charge on any atom is 0.417 e. The molecule has 1 atom stereocenters. The Balaban J connectivity index is 1.60. The second kappa shape index (κ2) is 9.13. The number of carbonyl (C=O) groups excluding carboxylic acids is 1. The summed E-state index contributed by atoms with van der Waals surface area (Å²) in [4.78, 5) is 20.4. The van der Waals surface area contributed by atoms with Crippen LogP contribution in [0.3, 0.4) is 0 Å². The zero-order valence-corrected chi connectivity index (χ0v) is 16.5. The molecule has 2 aromatic carbocycles. The monoisotopic (exact) mass is 435 g/mol. The Bertz CT molecular complexity index is 1010. The van der Waals surface area contributed by atoms with E-state index >= 15 is 0 Å². The molecule has 1 aromatic heterocycles. The summed E-state index contributed by atoms with van der Waals surface area (Å²) < 4.78 is 44.0. The van der Waals surface area contributed by atoms with Crippen molar-refractivity contribution in [2.75, 3.05) is 0 Å². The second-order valence-electron chi connectivity index (χ2n) is 6.45. The lowest BCUT2D eigenvalue weighted by Crippen LogP contribution is -2.27. The largest absolute Gasteiger partial charge is 0.472 e. The molecule has 1 amide bonds. The Kier molecular flexibility index (Phi) is 6.56. The molecule has 1 heterocycles. The average Bonchev–Trinajstić information content (AvgIpc) is 2.72. The van der Waals surface area contributed by atoms with E-state index in [0.717, 1.165) is 11.6 Å². The van der Waals surface area contributed by atoms with Crippen LogP contribution < -0.4 is 10.1 Å². The van der Waals surface area contributed by atoms with Gasteiger partial charge in [-0.15, -0.1) is 0 Å². The van der Waals surface area contributed by atoms with Crippen LogP contribution in [0.25, 0.3) is 0 Å². The maximum absolute atomic E-state index is 12.8. The number of amides is 1. The van der Waals surface area contributed by atoms with E-state index in [9.17, 15) is 18.0 Å². The van der Waals surface area contributed by atoms with Crippen molar-refractivity contribution in [3.63, 3.8) is 0 Å². The van der Waals surface area contributed by atoms with Crippen LogP contribution >= 0.6 is 11.6 Å². The average molecular weight is 436 g/mol. The zero-order chi connectivity index (χ0) is 21.7. The molecule has 0 fully saturated rings. The van der Waals surface area contributed by atoms with Gasteiger partial charge in [0.15, 0.2) is 0 Å². The van der Waals surface area contributed by atoms with Gasteiger partial charge in [-0.05, 0) is 30.2 Å². The zero-order valence-electron chi connectivity index (χ0n) is 15.8. The van der Waals surface area contributed by atoms with Gasteiger partial charge in [-0.2, -0.15) is 13.2 Å². The van der Waals surface area contributed by atoms with E-state index in [4.69, 9.17) is 16.3 Å². The first-order valence-corrected chi connectivity index (χ1v) is 9.28. The number of hydrogen-bond donors (Lipinski definition) is 1. The molecule has 0 aliphatic rings. The molecule has 0 bridgehead atoms. The van der Waals surface area contributed by atoms with Gasteiger partial charge in [-0.1, -0.05) is 48.0 Å². The highest BCUT2D eigenvalue weighted by atomic mass is 35.5. The number of rotatable bonds is 6. The van der Waals surface area contributed by atoms with Gasteiger partial charge in [0.1, 0.15) is 12.3 Å². The van der Waals surface area contributed by atoms with Gasteiger partial charge in [-0.25, -0.2) is 9.97 Å². The molecule has 5 nitrogen and oxygen atoms in total. The third-order valence-electron chi connectivity index (χ3n) is 4.24. The number of benzene rings is 2. The summed E-state index contributed by atoms with van der Waals surface area (Å²) in [6.07, 6.45) is -1.94. The summed E-state index contributed by atoms with van der Waals surface area (Å²) in [5, 5.41) is 2.22. The molecular formula is C21H17ClF3N3O2. The van der Waals surface area contributed by atoms with Gasteiger partial charge >= 0.3 is 6.18 Å². The first-order valence-electron chi connectivity index (χ1n) is 8.90. The number of nitrogens with one attached hydrogen (secondary N) is 1. The number of ether oxygens (including phenoxy) is 1. The molecule has 0 aliphatic carbocycles. The molecule has 3 rings (SSSR count). The van der Waals surface area contributed by atoms with E-state index in [-0.39, 0.29) is 11.6 Å². The number of aromatic nitrogens is 2. The Hall–Kier alpha value is -3.13. The highest BCUT2D eigenvalue weighted by Crippen LogP contribution is 2.35. The van der Waals surface area contributed by atoms with Crippen molar-refractivity contribution in [2.45, 2.75) is 25.7 Å². The van der Waals surface area contributed by atoms with Crippen LogP contribution in [0, 0.1) is 0 Å². The molecular weight excluding hydrogens is 419 g/mol. The highest BCUT2D eigenvalue weighted by Gasteiger charge is 2.33. The van der Waals surface area contributed by atoms with Crippen LogP contribution in [0.5, 0.6) is 5.88 Å². The van der Waals surface area contributed by atoms with E-state index in [2.05, 4.69) is 15.3 Å². The molecule has 3 aromatic rings. The molecule has 1 unspecified atom stereocenters. The molecule has 0 radical (unpaired) electrons. The number of alkyl halides is 3. The maximum atomic E-state index is 12.8. The number of halogens is 4. The molecule has 9 heteroatoms. The van der Waals surface area contributed by atoms with Crippen molar-refractivity contribution >= 4 is 17.5 Å². The van der Waals surface area contributed by atoms with Gasteiger partial charge in [-0.3, -0.25) is 4.79 Å². The summed E-state index contributed by atoms with van der Waals surface area (Å²) in [5.41, 5.74) is 0.512. The lowest BCUT2D eigenvalue weighted by atomic mass is 10.1. The van der Waals surface area contributed by atoms with Crippen LogP contribution in [0.15, 0.2) is 60.9 Å². The molecule has 0 aliphatic heterocycles. The van der Waals surface area contributed by atoms with Gasteiger partial charge in [0.2, 0.25) is 5.88 Å². The minimum atomic E-state index is -4.54. The van der Waals surface area contributed by atoms with Crippen molar-refractivity contribution in [1.29, 1.82) is 0 Å². The fourth-order valence-corrected chi connectivity index (χ4v) is 2.92. The molecule has 0 spiro atoms. The van der Waals surface area contributed by atoms with Crippen LogP contribution in [0.1, 0.15) is 40.1 Å². The Morgan fingerprint density at radius 1 is 1.13 bits per heavy atom. The molecule has 0 saturated heterocycles.